The van der Waals surface area contributed by atoms with Crippen LogP contribution in [0.3, 0.4) is 0 Å². The number of methoxy groups -OCH3 is 1. The van der Waals surface area contributed by atoms with Crippen molar-refractivity contribution in [2.45, 2.75) is 39.0 Å². The van der Waals surface area contributed by atoms with Crippen LogP contribution in [-0.4, -0.2) is 47.3 Å². The molecular formula is C19H26N4O3. The number of aromatic nitrogens is 2. The summed E-state index contributed by atoms with van der Waals surface area (Å²) in [6, 6.07) is 7.65. The maximum atomic E-state index is 12.7. The van der Waals surface area contributed by atoms with E-state index in [1.54, 1.807) is 18.2 Å². The second kappa shape index (κ2) is 8.71. The van der Waals surface area contributed by atoms with Crippen molar-refractivity contribution in [3.05, 3.63) is 47.5 Å². The van der Waals surface area contributed by atoms with Crippen LogP contribution < -0.4 is 10.1 Å². The minimum Gasteiger partial charge on any atom is -0.497 e. The number of carbonyl (C=O) groups is 1. The highest BCUT2D eigenvalue weighted by Gasteiger charge is 2.23. The van der Waals surface area contributed by atoms with Crippen LogP contribution in [0.5, 0.6) is 5.75 Å². The van der Waals surface area contributed by atoms with Crippen molar-refractivity contribution in [2.75, 3.05) is 20.3 Å². The number of hydrogen-bond donors (Lipinski definition) is 2. The van der Waals surface area contributed by atoms with E-state index in [4.69, 9.17) is 9.47 Å². The molecule has 3 rings (SSSR count). The van der Waals surface area contributed by atoms with E-state index in [2.05, 4.69) is 15.3 Å². The van der Waals surface area contributed by atoms with Gasteiger partial charge < -0.3 is 24.7 Å². The van der Waals surface area contributed by atoms with Crippen LogP contribution in [-0.2, 0) is 17.8 Å². The quantitative estimate of drug-likeness (QED) is 0.797. The molecule has 140 valence electrons. The first-order chi connectivity index (χ1) is 12.6. The molecule has 2 N–H and O–H groups in total. The zero-order valence-corrected chi connectivity index (χ0v) is 15.3. The number of urea groups is 1. The number of imidazole rings is 1. The molecule has 0 aliphatic carbocycles. The van der Waals surface area contributed by atoms with Crippen LogP contribution in [0.25, 0.3) is 0 Å². The smallest absolute Gasteiger partial charge is 0.318 e. The highest BCUT2D eigenvalue weighted by atomic mass is 16.5. The predicted octanol–water partition coefficient (Wildman–Crippen LogP) is 2.62. The molecule has 0 saturated carbocycles. The van der Waals surface area contributed by atoms with Gasteiger partial charge in [0, 0.05) is 31.6 Å². The van der Waals surface area contributed by atoms with E-state index in [9.17, 15) is 4.79 Å². The average molecular weight is 358 g/mol. The molecule has 1 aromatic heterocycles. The highest BCUT2D eigenvalue weighted by Crippen LogP contribution is 2.17. The molecule has 7 heteroatoms. The molecule has 2 amide bonds. The maximum Gasteiger partial charge on any atom is 0.318 e. The summed E-state index contributed by atoms with van der Waals surface area (Å²) in [5.74, 6) is 1.55. The number of ether oxygens (including phenoxy) is 2. The van der Waals surface area contributed by atoms with Gasteiger partial charge >= 0.3 is 6.03 Å². The normalized spacial score (nSPS) is 16.5. The van der Waals surface area contributed by atoms with E-state index in [0.29, 0.717) is 19.6 Å². The van der Waals surface area contributed by atoms with E-state index < -0.39 is 0 Å². The molecule has 1 fully saturated rings. The second-order valence-corrected chi connectivity index (χ2v) is 6.54. The average Bonchev–Trinajstić information content (AvgIpc) is 3.31. The molecule has 0 spiro atoms. The number of aromatic amines is 1. The lowest BCUT2D eigenvalue weighted by molar-refractivity contribution is 0.0794. The molecule has 1 saturated heterocycles. The van der Waals surface area contributed by atoms with Gasteiger partial charge in [0.15, 0.2) is 0 Å². The minimum absolute atomic E-state index is 0.102. The minimum atomic E-state index is -0.120. The molecular weight excluding hydrogens is 332 g/mol. The Hall–Kier alpha value is -2.54. The lowest BCUT2D eigenvalue weighted by Gasteiger charge is -2.26. The summed E-state index contributed by atoms with van der Waals surface area (Å²) in [6.45, 7) is 4.18. The number of carbonyl (C=O) groups excluding carboxylic acids is 1. The zero-order valence-electron chi connectivity index (χ0n) is 15.3. The molecule has 1 aliphatic heterocycles. The van der Waals surface area contributed by atoms with Crippen molar-refractivity contribution in [1.29, 1.82) is 0 Å². The first kappa shape index (κ1) is 18.3. The van der Waals surface area contributed by atoms with Gasteiger partial charge in [0.1, 0.15) is 11.6 Å². The highest BCUT2D eigenvalue weighted by molar-refractivity contribution is 5.74. The molecule has 2 aromatic rings. The van der Waals surface area contributed by atoms with Crippen LogP contribution in [0, 0.1) is 6.92 Å². The zero-order chi connectivity index (χ0) is 18.4. The topological polar surface area (TPSA) is 79.5 Å². The summed E-state index contributed by atoms with van der Waals surface area (Å²) in [7, 11) is 1.64. The predicted molar refractivity (Wildman–Crippen MR) is 97.9 cm³/mol. The van der Waals surface area contributed by atoms with Gasteiger partial charge in [-0.3, -0.25) is 0 Å². The Labute approximate surface area is 153 Å². The van der Waals surface area contributed by atoms with Crippen molar-refractivity contribution < 1.29 is 14.3 Å². The third kappa shape index (κ3) is 4.98. The fourth-order valence-electron chi connectivity index (χ4n) is 3.03. The standard InChI is InChI=1S/C19H26N4O3/c1-14-10-20-18(22-14)11-21-19(24)23(13-17-4-3-9-26-17)12-15-5-7-16(25-2)8-6-15/h5-8,10,17H,3-4,9,11-13H2,1-2H3,(H,20,22)(H,21,24)/t17-/m0/s1. The molecule has 1 atom stereocenters. The molecule has 7 nitrogen and oxygen atoms in total. The van der Waals surface area contributed by atoms with Gasteiger partial charge in [-0.05, 0) is 37.5 Å². The maximum absolute atomic E-state index is 12.7. The Balaban J connectivity index is 1.63. The van der Waals surface area contributed by atoms with Crippen molar-refractivity contribution in [2.24, 2.45) is 0 Å². The van der Waals surface area contributed by atoms with Gasteiger partial charge in [-0.1, -0.05) is 12.1 Å². The lowest BCUT2D eigenvalue weighted by atomic mass is 10.2. The van der Waals surface area contributed by atoms with Crippen molar-refractivity contribution in [1.82, 2.24) is 20.2 Å². The molecule has 0 unspecified atom stereocenters. The molecule has 0 radical (unpaired) electrons. The number of amides is 2. The molecule has 2 heterocycles. The Morgan fingerprint density at radius 2 is 2.23 bits per heavy atom. The van der Waals surface area contributed by atoms with Crippen molar-refractivity contribution in [3.8, 4) is 5.75 Å². The van der Waals surface area contributed by atoms with Gasteiger partial charge in [-0.25, -0.2) is 9.78 Å². The SMILES string of the molecule is COc1ccc(CN(C[C@@H]2CCCO2)C(=O)NCc2ncc(C)[nH]2)cc1. The second-order valence-electron chi connectivity index (χ2n) is 6.54. The summed E-state index contributed by atoms with van der Waals surface area (Å²) in [5.41, 5.74) is 2.02. The summed E-state index contributed by atoms with van der Waals surface area (Å²) in [6.07, 6.45) is 3.89. The Morgan fingerprint density at radius 3 is 2.85 bits per heavy atom. The Morgan fingerprint density at radius 1 is 1.42 bits per heavy atom. The van der Waals surface area contributed by atoms with E-state index >= 15 is 0 Å². The fourth-order valence-corrected chi connectivity index (χ4v) is 3.03. The summed E-state index contributed by atoms with van der Waals surface area (Å²) >= 11 is 0. The third-order valence-corrected chi connectivity index (χ3v) is 4.43. The summed E-state index contributed by atoms with van der Waals surface area (Å²) < 4.78 is 10.9. The summed E-state index contributed by atoms with van der Waals surface area (Å²) in [4.78, 5) is 21.9. The van der Waals surface area contributed by atoms with Crippen LogP contribution in [0.1, 0.15) is 29.9 Å². The fraction of sp³-hybridized carbons (Fsp3) is 0.474. The number of rotatable bonds is 7. The first-order valence-corrected chi connectivity index (χ1v) is 8.92. The first-order valence-electron chi connectivity index (χ1n) is 8.92. The van der Waals surface area contributed by atoms with Gasteiger partial charge in [0.25, 0.3) is 0 Å². The van der Waals surface area contributed by atoms with E-state index in [-0.39, 0.29) is 12.1 Å². The Kier molecular flexibility index (Phi) is 6.12. The number of nitrogens with zero attached hydrogens (tertiary/aromatic N) is 2. The van der Waals surface area contributed by atoms with Gasteiger partial charge in [0.05, 0.1) is 19.8 Å². The monoisotopic (exact) mass is 358 g/mol. The number of nitrogens with one attached hydrogen (secondary N) is 2. The van der Waals surface area contributed by atoms with Crippen LogP contribution in [0.4, 0.5) is 4.79 Å². The van der Waals surface area contributed by atoms with Crippen LogP contribution in [0.2, 0.25) is 0 Å². The molecule has 26 heavy (non-hydrogen) atoms. The van der Waals surface area contributed by atoms with E-state index in [0.717, 1.165) is 42.3 Å². The third-order valence-electron chi connectivity index (χ3n) is 4.43. The number of benzene rings is 1. The van der Waals surface area contributed by atoms with Gasteiger partial charge in [0.2, 0.25) is 0 Å². The van der Waals surface area contributed by atoms with Gasteiger partial charge in [-0.15, -0.1) is 0 Å². The molecule has 0 bridgehead atoms. The molecule has 1 aromatic carbocycles. The molecule has 1 aliphatic rings. The largest absolute Gasteiger partial charge is 0.497 e. The number of H-pyrrole nitrogens is 1. The van der Waals surface area contributed by atoms with Crippen LogP contribution >= 0.6 is 0 Å². The Bertz CT molecular complexity index is 708. The number of aryl methyl sites for hydroxylation is 1. The van der Waals surface area contributed by atoms with Crippen molar-refractivity contribution in [3.63, 3.8) is 0 Å². The van der Waals surface area contributed by atoms with Crippen LogP contribution in [0.15, 0.2) is 30.5 Å². The van der Waals surface area contributed by atoms with E-state index in [1.165, 1.54) is 0 Å². The summed E-state index contributed by atoms with van der Waals surface area (Å²) in [5, 5.41) is 2.94. The van der Waals surface area contributed by atoms with E-state index in [1.807, 2.05) is 31.2 Å². The van der Waals surface area contributed by atoms with Crippen molar-refractivity contribution >= 4 is 6.03 Å². The number of hydrogen-bond acceptors (Lipinski definition) is 4. The van der Waals surface area contributed by atoms with Gasteiger partial charge in [-0.2, -0.15) is 0 Å². The lowest BCUT2D eigenvalue weighted by Crippen LogP contribution is -2.43.